The van der Waals surface area contributed by atoms with Crippen molar-refractivity contribution in [2.45, 2.75) is 13.0 Å². The summed E-state index contributed by atoms with van der Waals surface area (Å²) in [5, 5.41) is 6.89. The smallest absolute Gasteiger partial charge is 0.272 e. The summed E-state index contributed by atoms with van der Waals surface area (Å²) in [7, 11) is 0. The van der Waals surface area contributed by atoms with Gasteiger partial charge in [-0.15, -0.1) is 0 Å². The quantitative estimate of drug-likeness (QED) is 0.921. The highest BCUT2D eigenvalue weighted by molar-refractivity contribution is 5.93. The molecule has 3 rings (SSSR count). The molecule has 5 nitrogen and oxygen atoms in total. The van der Waals surface area contributed by atoms with Crippen molar-refractivity contribution < 1.29 is 13.9 Å². The molecule has 6 heteroatoms. The number of rotatable bonds is 2. The van der Waals surface area contributed by atoms with E-state index in [0.717, 1.165) is 5.56 Å². The molecule has 2 heterocycles. The fourth-order valence-electron chi connectivity index (χ4n) is 2.38. The van der Waals surface area contributed by atoms with Gasteiger partial charge in [0.25, 0.3) is 5.91 Å². The number of morpholine rings is 1. The van der Waals surface area contributed by atoms with Crippen LogP contribution in [0, 0.1) is 5.82 Å². The van der Waals surface area contributed by atoms with E-state index in [9.17, 15) is 9.18 Å². The highest BCUT2D eigenvalue weighted by Crippen LogP contribution is 2.19. The average Bonchev–Trinajstić information content (AvgIpc) is 2.98. The molecule has 1 saturated heterocycles. The molecule has 0 bridgehead atoms. The van der Waals surface area contributed by atoms with Gasteiger partial charge in [0.15, 0.2) is 0 Å². The maximum absolute atomic E-state index is 12.9. The van der Waals surface area contributed by atoms with E-state index in [1.165, 1.54) is 12.1 Å². The number of hydrogen-bond acceptors (Lipinski definition) is 3. The fourth-order valence-corrected chi connectivity index (χ4v) is 2.38. The first kappa shape index (κ1) is 13.8. The van der Waals surface area contributed by atoms with Crippen molar-refractivity contribution in [3.8, 4) is 11.3 Å². The Hall–Kier alpha value is -2.21. The number of hydrogen-bond donors (Lipinski definition) is 1. The minimum Gasteiger partial charge on any atom is -0.377 e. The number of carbonyl (C=O) groups excluding carboxylic acids is 1. The number of H-pyrrole nitrogens is 1. The van der Waals surface area contributed by atoms with Crippen molar-refractivity contribution in [1.29, 1.82) is 0 Å². The van der Waals surface area contributed by atoms with Gasteiger partial charge in [-0.05, 0) is 37.3 Å². The number of aromatic amines is 1. The van der Waals surface area contributed by atoms with Crippen LogP contribution in [-0.4, -0.2) is 46.8 Å². The molecule has 1 aliphatic rings. The molecular weight excluding hydrogens is 273 g/mol. The van der Waals surface area contributed by atoms with E-state index in [1.807, 2.05) is 6.92 Å². The Morgan fingerprint density at radius 3 is 2.90 bits per heavy atom. The predicted molar refractivity (Wildman–Crippen MR) is 75.3 cm³/mol. The van der Waals surface area contributed by atoms with Crippen LogP contribution in [0.3, 0.4) is 0 Å². The van der Waals surface area contributed by atoms with E-state index < -0.39 is 0 Å². The molecule has 1 aromatic carbocycles. The van der Waals surface area contributed by atoms with E-state index in [0.29, 0.717) is 31.1 Å². The van der Waals surface area contributed by atoms with Gasteiger partial charge in [0.1, 0.15) is 11.5 Å². The molecule has 2 aromatic rings. The lowest BCUT2D eigenvalue weighted by Crippen LogP contribution is -2.47. The van der Waals surface area contributed by atoms with Crippen LogP contribution < -0.4 is 0 Å². The summed E-state index contributed by atoms with van der Waals surface area (Å²) >= 11 is 0. The molecule has 110 valence electrons. The Bertz CT molecular complexity index is 639. The minimum atomic E-state index is -0.298. The van der Waals surface area contributed by atoms with E-state index >= 15 is 0 Å². The molecule has 0 radical (unpaired) electrons. The van der Waals surface area contributed by atoms with Crippen LogP contribution >= 0.6 is 0 Å². The van der Waals surface area contributed by atoms with Crippen molar-refractivity contribution in [2.24, 2.45) is 0 Å². The molecule has 1 aromatic heterocycles. The zero-order valence-electron chi connectivity index (χ0n) is 11.7. The van der Waals surface area contributed by atoms with Gasteiger partial charge in [-0.1, -0.05) is 0 Å². The number of benzene rings is 1. The van der Waals surface area contributed by atoms with Gasteiger partial charge in [0.2, 0.25) is 0 Å². The SMILES string of the molecule is C[C@@H]1COCCN1C(=O)c1cc(-c2ccc(F)cc2)n[nH]1. The largest absolute Gasteiger partial charge is 0.377 e. The summed E-state index contributed by atoms with van der Waals surface area (Å²) in [6, 6.07) is 7.75. The van der Waals surface area contributed by atoms with Gasteiger partial charge in [-0.2, -0.15) is 5.10 Å². The number of nitrogens with one attached hydrogen (secondary N) is 1. The second-order valence-corrected chi connectivity index (χ2v) is 5.10. The molecule has 1 aliphatic heterocycles. The number of ether oxygens (including phenoxy) is 1. The van der Waals surface area contributed by atoms with Gasteiger partial charge in [-0.25, -0.2) is 4.39 Å². The van der Waals surface area contributed by atoms with Gasteiger partial charge in [0.05, 0.1) is 24.9 Å². The number of aromatic nitrogens is 2. The summed E-state index contributed by atoms with van der Waals surface area (Å²) in [6.07, 6.45) is 0. The van der Waals surface area contributed by atoms with E-state index in [4.69, 9.17) is 4.74 Å². The Labute approximate surface area is 121 Å². The van der Waals surface area contributed by atoms with Crippen molar-refractivity contribution in [3.63, 3.8) is 0 Å². The lowest BCUT2D eigenvalue weighted by Gasteiger charge is -2.32. The maximum Gasteiger partial charge on any atom is 0.272 e. The number of nitrogens with zero attached hydrogens (tertiary/aromatic N) is 2. The van der Waals surface area contributed by atoms with Gasteiger partial charge >= 0.3 is 0 Å². The molecule has 21 heavy (non-hydrogen) atoms. The highest BCUT2D eigenvalue weighted by atomic mass is 19.1. The topological polar surface area (TPSA) is 58.2 Å². The lowest BCUT2D eigenvalue weighted by molar-refractivity contribution is 0.00327. The summed E-state index contributed by atoms with van der Waals surface area (Å²) in [6.45, 7) is 3.62. The number of amides is 1. The first-order valence-electron chi connectivity index (χ1n) is 6.85. The average molecular weight is 289 g/mol. The van der Waals surface area contributed by atoms with Crippen molar-refractivity contribution in [1.82, 2.24) is 15.1 Å². The first-order valence-corrected chi connectivity index (χ1v) is 6.85. The van der Waals surface area contributed by atoms with Crippen molar-refractivity contribution >= 4 is 5.91 Å². The van der Waals surface area contributed by atoms with E-state index in [1.54, 1.807) is 23.1 Å². The van der Waals surface area contributed by atoms with E-state index in [-0.39, 0.29) is 17.8 Å². The maximum atomic E-state index is 12.9. The molecule has 1 fully saturated rings. The van der Waals surface area contributed by atoms with Crippen molar-refractivity contribution in [3.05, 3.63) is 41.8 Å². The predicted octanol–water partition coefficient (Wildman–Crippen LogP) is 2.08. The van der Waals surface area contributed by atoms with Gasteiger partial charge in [-0.3, -0.25) is 9.89 Å². The summed E-state index contributed by atoms with van der Waals surface area (Å²) in [5.74, 6) is -0.389. The van der Waals surface area contributed by atoms with Crippen LogP contribution in [0.25, 0.3) is 11.3 Å². The Morgan fingerprint density at radius 2 is 2.19 bits per heavy atom. The Kier molecular flexibility index (Phi) is 3.70. The minimum absolute atomic E-state index is 0.0452. The fraction of sp³-hybridized carbons (Fsp3) is 0.333. The van der Waals surface area contributed by atoms with Crippen LogP contribution in [-0.2, 0) is 4.74 Å². The molecular formula is C15H16FN3O2. The molecule has 0 aliphatic carbocycles. The third-order valence-corrected chi connectivity index (χ3v) is 3.58. The van der Waals surface area contributed by atoms with Crippen LogP contribution in [0.5, 0.6) is 0 Å². The number of halogens is 1. The van der Waals surface area contributed by atoms with Crippen LogP contribution in [0.15, 0.2) is 30.3 Å². The molecule has 1 N–H and O–H groups in total. The van der Waals surface area contributed by atoms with Crippen LogP contribution in [0.2, 0.25) is 0 Å². The van der Waals surface area contributed by atoms with Gasteiger partial charge in [0, 0.05) is 12.1 Å². The van der Waals surface area contributed by atoms with Crippen LogP contribution in [0.1, 0.15) is 17.4 Å². The zero-order valence-corrected chi connectivity index (χ0v) is 11.7. The second-order valence-electron chi connectivity index (χ2n) is 5.10. The van der Waals surface area contributed by atoms with Crippen LogP contribution in [0.4, 0.5) is 4.39 Å². The lowest BCUT2D eigenvalue weighted by atomic mass is 10.1. The summed E-state index contributed by atoms with van der Waals surface area (Å²) in [5.41, 5.74) is 1.82. The standard InChI is InChI=1S/C15H16FN3O2/c1-10-9-21-7-6-19(10)15(20)14-8-13(17-18-14)11-2-4-12(16)5-3-11/h2-5,8,10H,6-7,9H2,1H3,(H,17,18)/t10-/m1/s1. The summed E-state index contributed by atoms with van der Waals surface area (Å²) < 4.78 is 18.2. The third-order valence-electron chi connectivity index (χ3n) is 3.58. The summed E-state index contributed by atoms with van der Waals surface area (Å²) in [4.78, 5) is 14.2. The second kappa shape index (κ2) is 5.65. The number of carbonyl (C=O) groups is 1. The molecule has 1 amide bonds. The molecule has 0 spiro atoms. The molecule has 0 saturated carbocycles. The Morgan fingerprint density at radius 1 is 1.43 bits per heavy atom. The first-order chi connectivity index (χ1) is 10.1. The zero-order chi connectivity index (χ0) is 14.8. The van der Waals surface area contributed by atoms with Crippen molar-refractivity contribution in [2.75, 3.05) is 19.8 Å². The monoisotopic (exact) mass is 289 g/mol. The molecule has 0 unspecified atom stereocenters. The Balaban J connectivity index is 1.81. The molecule has 1 atom stereocenters. The van der Waals surface area contributed by atoms with E-state index in [2.05, 4.69) is 10.2 Å². The normalized spacial score (nSPS) is 18.8. The van der Waals surface area contributed by atoms with Gasteiger partial charge < -0.3 is 9.64 Å². The highest BCUT2D eigenvalue weighted by Gasteiger charge is 2.26. The third kappa shape index (κ3) is 2.80.